The number of halogens is 2. The maximum atomic E-state index is 13.2. The highest BCUT2D eigenvalue weighted by Gasteiger charge is 2.27. The second kappa shape index (κ2) is 7.75. The zero-order valence-electron chi connectivity index (χ0n) is 13.0. The molecule has 1 aliphatic heterocycles. The number of rotatable bonds is 5. The van der Waals surface area contributed by atoms with Crippen LogP contribution < -0.4 is 0 Å². The third-order valence-electron chi connectivity index (χ3n) is 4.18. The van der Waals surface area contributed by atoms with E-state index in [4.69, 9.17) is 16.7 Å². The first-order chi connectivity index (χ1) is 10.9. The molecule has 1 heterocycles. The number of carbonyl (C=O) groups is 2. The number of carboxylic acids is 1. The van der Waals surface area contributed by atoms with E-state index < -0.39 is 11.8 Å². The first kappa shape index (κ1) is 17.7. The highest BCUT2D eigenvalue weighted by Crippen LogP contribution is 2.21. The Labute approximate surface area is 139 Å². The number of likely N-dealkylation sites (tertiary alicyclic amines) is 1. The maximum absolute atomic E-state index is 13.2. The standard InChI is InChI=1S/C16H20ClFN2O3/c1-2-19(10-15(21)22)12-5-7-20(8-6-12)16(23)11-3-4-14(18)13(17)9-11/h3-4,9,12H,2,5-8,10H2,1H3,(H,21,22). The van der Waals surface area contributed by atoms with Crippen molar-refractivity contribution in [2.45, 2.75) is 25.8 Å². The van der Waals surface area contributed by atoms with Gasteiger partial charge in [-0.25, -0.2) is 4.39 Å². The highest BCUT2D eigenvalue weighted by molar-refractivity contribution is 6.31. The summed E-state index contributed by atoms with van der Waals surface area (Å²) in [7, 11) is 0. The Balaban J connectivity index is 1.96. The number of hydrogen-bond acceptors (Lipinski definition) is 3. The smallest absolute Gasteiger partial charge is 0.317 e. The van der Waals surface area contributed by atoms with Gasteiger partial charge >= 0.3 is 5.97 Å². The number of nitrogens with zero attached hydrogens (tertiary/aromatic N) is 2. The molecule has 0 unspecified atom stereocenters. The number of hydrogen-bond donors (Lipinski definition) is 1. The van der Waals surface area contributed by atoms with Gasteiger partial charge in [-0.2, -0.15) is 0 Å². The van der Waals surface area contributed by atoms with Crippen molar-refractivity contribution < 1.29 is 19.1 Å². The number of amides is 1. The second-order valence-electron chi connectivity index (χ2n) is 5.61. The molecule has 0 aliphatic carbocycles. The second-order valence-corrected chi connectivity index (χ2v) is 6.02. The molecular weight excluding hydrogens is 323 g/mol. The lowest BCUT2D eigenvalue weighted by molar-refractivity contribution is -0.139. The van der Waals surface area contributed by atoms with Gasteiger partial charge in [0.15, 0.2) is 0 Å². The highest BCUT2D eigenvalue weighted by atomic mass is 35.5. The molecule has 1 aliphatic rings. The van der Waals surface area contributed by atoms with Crippen LogP contribution in [0.2, 0.25) is 5.02 Å². The van der Waals surface area contributed by atoms with Gasteiger partial charge < -0.3 is 10.0 Å². The molecule has 0 bridgehead atoms. The van der Waals surface area contributed by atoms with E-state index in [2.05, 4.69) is 0 Å². The van der Waals surface area contributed by atoms with Gasteiger partial charge in [-0.15, -0.1) is 0 Å². The van der Waals surface area contributed by atoms with E-state index in [1.54, 1.807) is 4.90 Å². The molecule has 1 fully saturated rings. The molecule has 126 valence electrons. The van der Waals surface area contributed by atoms with Crippen molar-refractivity contribution in [2.24, 2.45) is 0 Å². The Bertz CT molecular complexity index is 589. The Morgan fingerprint density at radius 2 is 2.04 bits per heavy atom. The topological polar surface area (TPSA) is 60.9 Å². The summed E-state index contributed by atoms with van der Waals surface area (Å²) in [4.78, 5) is 26.9. The van der Waals surface area contributed by atoms with Crippen LogP contribution in [0.4, 0.5) is 4.39 Å². The van der Waals surface area contributed by atoms with Crippen LogP contribution in [0.5, 0.6) is 0 Å². The van der Waals surface area contributed by atoms with E-state index in [1.807, 2.05) is 11.8 Å². The van der Waals surface area contributed by atoms with Crippen molar-refractivity contribution in [3.8, 4) is 0 Å². The summed E-state index contributed by atoms with van der Waals surface area (Å²) >= 11 is 5.72. The van der Waals surface area contributed by atoms with Crippen LogP contribution in [-0.2, 0) is 4.79 Å². The predicted molar refractivity (Wildman–Crippen MR) is 85.2 cm³/mol. The number of benzene rings is 1. The molecule has 0 spiro atoms. The van der Waals surface area contributed by atoms with E-state index in [9.17, 15) is 14.0 Å². The zero-order chi connectivity index (χ0) is 17.0. The molecule has 1 aromatic rings. The van der Waals surface area contributed by atoms with Gasteiger partial charge in [0.05, 0.1) is 11.6 Å². The molecule has 5 nitrogen and oxygen atoms in total. The molecule has 1 aromatic carbocycles. The van der Waals surface area contributed by atoms with Gasteiger partial charge in [-0.05, 0) is 37.6 Å². The minimum atomic E-state index is -0.841. The first-order valence-corrected chi connectivity index (χ1v) is 8.00. The fourth-order valence-corrected chi connectivity index (χ4v) is 3.10. The van der Waals surface area contributed by atoms with Crippen molar-refractivity contribution in [3.05, 3.63) is 34.6 Å². The van der Waals surface area contributed by atoms with Crippen molar-refractivity contribution in [1.29, 1.82) is 0 Å². The molecular formula is C16H20ClFN2O3. The summed E-state index contributed by atoms with van der Waals surface area (Å²) in [6, 6.07) is 4.12. The molecule has 0 aromatic heterocycles. The number of aliphatic carboxylic acids is 1. The number of likely N-dealkylation sites (N-methyl/N-ethyl adjacent to an activating group) is 1. The molecule has 23 heavy (non-hydrogen) atoms. The molecule has 7 heteroatoms. The van der Waals surface area contributed by atoms with Gasteiger partial charge in [0.1, 0.15) is 5.82 Å². The SMILES string of the molecule is CCN(CC(=O)O)C1CCN(C(=O)c2ccc(F)c(Cl)c2)CC1. The third-order valence-corrected chi connectivity index (χ3v) is 4.47. The van der Waals surface area contributed by atoms with Gasteiger partial charge in [0.25, 0.3) is 5.91 Å². The Morgan fingerprint density at radius 1 is 1.39 bits per heavy atom. The van der Waals surface area contributed by atoms with E-state index in [-0.39, 0.29) is 23.5 Å². The quantitative estimate of drug-likeness (QED) is 0.893. The van der Waals surface area contributed by atoms with Crippen LogP contribution in [-0.4, -0.2) is 59.0 Å². The van der Waals surface area contributed by atoms with Crippen LogP contribution in [0.15, 0.2) is 18.2 Å². The number of piperidine rings is 1. The predicted octanol–water partition coefficient (Wildman–Crippen LogP) is 2.49. The van der Waals surface area contributed by atoms with Crippen LogP contribution in [0.25, 0.3) is 0 Å². The molecule has 0 saturated carbocycles. The lowest BCUT2D eigenvalue weighted by Gasteiger charge is -2.37. The first-order valence-electron chi connectivity index (χ1n) is 7.62. The summed E-state index contributed by atoms with van der Waals surface area (Å²) in [5.41, 5.74) is 0.368. The van der Waals surface area contributed by atoms with Crippen LogP contribution in [0.1, 0.15) is 30.1 Å². The molecule has 1 saturated heterocycles. The van der Waals surface area contributed by atoms with Gasteiger partial charge in [0, 0.05) is 24.7 Å². The van der Waals surface area contributed by atoms with E-state index >= 15 is 0 Å². The lowest BCUT2D eigenvalue weighted by atomic mass is 10.0. The van der Waals surface area contributed by atoms with Crippen LogP contribution >= 0.6 is 11.6 Å². The summed E-state index contributed by atoms with van der Waals surface area (Å²) in [6.07, 6.45) is 1.45. The van der Waals surface area contributed by atoms with Crippen molar-refractivity contribution in [2.75, 3.05) is 26.2 Å². The fourth-order valence-electron chi connectivity index (χ4n) is 2.92. The van der Waals surface area contributed by atoms with E-state index in [0.29, 0.717) is 25.2 Å². The number of carbonyl (C=O) groups excluding carboxylic acids is 1. The third kappa shape index (κ3) is 4.42. The Morgan fingerprint density at radius 3 is 2.57 bits per heavy atom. The maximum Gasteiger partial charge on any atom is 0.317 e. The fraction of sp³-hybridized carbons (Fsp3) is 0.500. The summed E-state index contributed by atoms with van der Waals surface area (Å²) in [5.74, 6) is -1.56. The molecule has 2 rings (SSSR count). The van der Waals surface area contributed by atoms with E-state index in [0.717, 1.165) is 12.8 Å². The lowest BCUT2D eigenvalue weighted by Crippen LogP contribution is -2.48. The summed E-state index contributed by atoms with van der Waals surface area (Å²) in [5, 5.41) is 8.87. The van der Waals surface area contributed by atoms with Crippen molar-refractivity contribution in [3.63, 3.8) is 0 Å². The van der Waals surface area contributed by atoms with Gasteiger partial charge in [0.2, 0.25) is 0 Å². The zero-order valence-corrected chi connectivity index (χ0v) is 13.7. The average Bonchev–Trinajstić information content (AvgIpc) is 2.54. The van der Waals surface area contributed by atoms with Crippen LogP contribution in [0.3, 0.4) is 0 Å². The van der Waals surface area contributed by atoms with Crippen LogP contribution in [0, 0.1) is 5.82 Å². The molecule has 0 atom stereocenters. The average molecular weight is 343 g/mol. The minimum absolute atomic E-state index is 0.0166. The number of carboxylic acid groups (broad SMARTS) is 1. The largest absolute Gasteiger partial charge is 0.480 e. The Kier molecular flexibility index (Phi) is 5.96. The van der Waals surface area contributed by atoms with Gasteiger partial charge in [-0.3, -0.25) is 14.5 Å². The summed E-state index contributed by atoms with van der Waals surface area (Å²) in [6.45, 7) is 3.71. The monoisotopic (exact) mass is 342 g/mol. The molecule has 0 radical (unpaired) electrons. The molecule has 1 N–H and O–H groups in total. The Hall–Kier alpha value is -1.66. The van der Waals surface area contributed by atoms with Crippen molar-refractivity contribution >= 4 is 23.5 Å². The van der Waals surface area contributed by atoms with E-state index in [1.165, 1.54) is 18.2 Å². The normalized spacial score (nSPS) is 15.9. The summed E-state index contributed by atoms with van der Waals surface area (Å²) < 4.78 is 13.2. The molecule has 1 amide bonds. The minimum Gasteiger partial charge on any atom is -0.480 e. The van der Waals surface area contributed by atoms with Gasteiger partial charge in [-0.1, -0.05) is 18.5 Å². The van der Waals surface area contributed by atoms with Crippen molar-refractivity contribution in [1.82, 2.24) is 9.80 Å².